The quantitative estimate of drug-likeness (QED) is 0.658. The highest BCUT2D eigenvalue weighted by molar-refractivity contribution is 5.95. The second-order valence-corrected chi connectivity index (χ2v) is 7.09. The lowest BCUT2D eigenvalue weighted by atomic mass is 10.1. The number of pyridine rings is 1. The molecule has 138 valence electrons. The van der Waals surface area contributed by atoms with Gasteiger partial charge in [-0.15, -0.1) is 0 Å². The first-order valence-corrected chi connectivity index (χ1v) is 9.07. The van der Waals surface area contributed by atoms with Gasteiger partial charge in [0.25, 0.3) is 0 Å². The maximum Gasteiger partial charge on any atom is 0.326 e. The van der Waals surface area contributed by atoms with Crippen molar-refractivity contribution in [1.29, 1.82) is 0 Å². The Morgan fingerprint density at radius 2 is 1.59 bits per heavy atom. The third-order valence-corrected chi connectivity index (χ3v) is 5.08. The molecule has 1 saturated carbocycles. The molecule has 1 amide bonds. The molecule has 3 aromatic rings. The van der Waals surface area contributed by atoms with Crippen LogP contribution in [-0.4, -0.2) is 27.6 Å². The van der Waals surface area contributed by atoms with Gasteiger partial charge < -0.3 is 15.0 Å². The van der Waals surface area contributed by atoms with Gasteiger partial charge in [0.1, 0.15) is 12.6 Å². The molecule has 1 fully saturated rings. The molecule has 1 aliphatic rings. The van der Waals surface area contributed by atoms with Crippen LogP contribution in [0.25, 0.3) is 21.8 Å². The Hall–Kier alpha value is -3.15. The number of hydrogen-bond donors (Lipinski definition) is 2. The SMILES string of the molecule is O=C(Cn1c2ccccc2c(=O)c2ccccc21)NC(CC1CC1)C(=O)O. The van der Waals surface area contributed by atoms with Gasteiger partial charge in [-0.1, -0.05) is 37.1 Å². The number of nitrogens with zero attached hydrogens (tertiary/aromatic N) is 1. The molecular formula is C21H20N2O4. The lowest BCUT2D eigenvalue weighted by Gasteiger charge is -2.18. The number of carbonyl (C=O) groups is 2. The van der Waals surface area contributed by atoms with E-state index in [9.17, 15) is 19.5 Å². The summed E-state index contributed by atoms with van der Waals surface area (Å²) in [6.07, 6.45) is 2.51. The maximum absolute atomic E-state index is 12.7. The Labute approximate surface area is 155 Å². The van der Waals surface area contributed by atoms with Crippen molar-refractivity contribution in [2.45, 2.75) is 31.8 Å². The summed E-state index contributed by atoms with van der Waals surface area (Å²) in [4.78, 5) is 36.8. The van der Waals surface area contributed by atoms with E-state index in [0.29, 0.717) is 34.1 Å². The van der Waals surface area contributed by atoms with E-state index in [4.69, 9.17) is 0 Å². The van der Waals surface area contributed by atoms with E-state index in [0.717, 1.165) is 12.8 Å². The molecule has 2 aromatic carbocycles. The molecule has 0 radical (unpaired) electrons. The standard InChI is InChI=1S/C21H20N2O4/c24-19(22-16(21(26)27)11-13-9-10-13)12-23-17-7-3-1-5-14(17)20(25)15-6-2-4-8-18(15)23/h1-8,13,16H,9-12H2,(H,22,24)(H,26,27). The number of hydrogen-bond acceptors (Lipinski definition) is 3. The number of rotatable bonds is 6. The zero-order valence-corrected chi connectivity index (χ0v) is 14.7. The number of aromatic nitrogens is 1. The Morgan fingerprint density at radius 3 is 2.11 bits per heavy atom. The van der Waals surface area contributed by atoms with E-state index in [1.54, 1.807) is 41.0 Å². The second kappa shape index (κ2) is 6.87. The Kier molecular flexibility index (Phi) is 4.39. The van der Waals surface area contributed by atoms with Crippen molar-refractivity contribution in [3.05, 3.63) is 58.8 Å². The number of amides is 1. The summed E-state index contributed by atoms with van der Waals surface area (Å²) in [6.45, 7) is -0.0459. The van der Waals surface area contributed by atoms with Gasteiger partial charge >= 0.3 is 5.97 Å². The monoisotopic (exact) mass is 364 g/mol. The summed E-state index contributed by atoms with van der Waals surface area (Å²) >= 11 is 0. The zero-order chi connectivity index (χ0) is 19.0. The van der Waals surface area contributed by atoms with Crippen molar-refractivity contribution >= 4 is 33.7 Å². The molecule has 0 aliphatic heterocycles. The van der Waals surface area contributed by atoms with Crippen LogP contribution in [0.15, 0.2) is 53.3 Å². The molecule has 27 heavy (non-hydrogen) atoms. The summed E-state index contributed by atoms with van der Waals surface area (Å²) in [5, 5.41) is 13.1. The van der Waals surface area contributed by atoms with Crippen LogP contribution in [0.5, 0.6) is 0 Å². The van der Waals surface area contributed by atoms with Gasteiger partial charge in [-0.3, -0.25) is 9.59 Å². The van der Waals surface area contributed by atoms with Gasteiger partial charge in [-0.25, -0.2) is 4.79 Å². The molecule has 6 heteroatoms. The van der Waals surface area contributed by atoms with Crippen LogP contribution < -0.4 is 10.7 Å². The molecule has 6 nitrogen and oxygen atoms in total. The summed E-state index contributed by atoms with van der Waals surface area (Å²) in [5.74, 6) is -0.993. The molecule has 4 rings (SSSR count). The number of benzene rings is 2. The third kappa shape index (κ3) is 3.43. The minimum Gasteiger partial charge on any atom is -0.480 e. The van der Waals surface area contributed by atoms with Gasteiger partial charge in [-0.2, -0.15) is 0 Å². The highest BCUT2D eigenvalue weighted by Crippen LogP contribution is 2.33. The normalized spacial score (nSPS) is 15.0. The molecule has 2 N–H and O–H groups in total. The Balaban J connectivity index is 1.71. The number of fused-ring (bicyclic) bond motifs is 2. The molecule has 0 spiro atoms. The third-order valence-electron chi connectivity index (χ3n) is 5.08. The number of para-hydroxylation sites is 2. The van der Waals surface area contributed by atoms with Crippen molar-refractivity contribution in [3.63, 3.8) is 0 Å². The Morgan fingerprint density at radius 1 is 1.04 bits per heavy atom. The van der Waals surface area contributed by atoms with Crippen LogP contribution in [0, 0.1) is 5.92 Å². The predicted octanol–water partition coefficient (Wildman–Crippen LogP) is 2.52. The van der Waals surface area contributed by atoms with Gasteiger partial charge in [0, 0.05) is 10.8 Å². The predicted molar refractivity (Wildman–Crippen MR) is 103 cm³/mol. The van der Waals surface area contributed by atoms with Gasteiger partial charge in [0.2, 0.25) is 5.91 Å². The number of carboxylic acid groups (broad SMARTS) is 1. The highest BCUT2D eigenvalue weighted by Gasteiger charge is 2.30. The van der Waals surface area contributed by atoms with Crippen LogP contribution in [0.4, 0.5) is 0 Å². The molecule has 0 saturated heterocycles. The smallest absolute Gasteiger partial charge is 0.326 e. The van der Waals surface area contributed by atoms with Crippen molar-refractivity contribution in [2.75, 3.05) is 0 Å². The fourth-order valence-electron chi connectivity index (χ4n) is 3.54. The summed E-state index contributed by atoms with van der Waals surface area (Å²) < 4.78 is 1.78. The molecule has 1 heterocycles. The molecule has 1 unspecified atom stereocenters. The zero-order valence-electron chi connectivity index (χ0n) is 14.7. The summed E-state index contributed by atoms with van der Waals surface area (Å²) in [5.41, 5.74) is 1.24. The average Bonchev–Trinajstić information content (AvgIpc) is 3.48. The molecule has 1 aromatic heterocycles. The van der Waals surface area contributed by atoms with Crippen LogP contribution in [0.2, 0.25) is 0 Å². The van der Waals surface area contributed by atoms with Gasteiger partial charge in [0.15, 0.2) is 5.43 Å². The van der Waals surface area contributed by atoms with Crippen molar-refractivity contribution in [1.82, 2.24) is 9.88 Å². The van der Waals surface area contributed by atoms with E-state index in [-0.39, 0.29) is 17.9 Å². The van der Waals surface area contributed by atoms with E-state index in [1.165, 1.54) is 0 Å². The van der Waals surface area contributed by atoms with E-state index in [2.05, 4.69) is 5.32 Å². The van der Waals surface area contributed by atoms with E-state index < -0.39 is 12.0 Å². The van der Waals surface area contributed by atoms with Gasteiger partial charge in [0.05, 0.1) is 11.0 Å². The fourth-order valence-corrected chi connectivity index (χ4v) is 3.54. The first-order valence-electron chi connectivity index (χ1n) is 9.07. The van der Waals surface area contributed by atoms with Crippen LogP contribution in [-0.2, 0) is 16.1 Å². The van der Waals surface area contributed by atoms with Crippen molar-refractivity contribution < 1.29 is 14.7 Å². The highest BCUT2D eigenvalue weighted by atomic mass is 16.4. The topological polar surface area (TPSA) is 88.4 Å². The van der Waals surface area contributed by atoms with Crippen molar-refractivity contribution in [3.8, 4) is 0 Å². The van der Waals surface area contributed by atoms with Gasteiger partial charge in [-0.05, 0) is 36.6 Å². The molecule has 1 atom stereocenters. The first kappa shape index (κ1) is 17.3. The molecule has 0 bridgehead atoms. The van der Waals surface area contributed by atoms with E-state index in [1.807, 2.05) is 12.1 Å². The number of aliphatic carboxylic acids is 1. The average molecular weight is 364 g/mol. The molecular weight excluding hydrogens is 344 g/mol. The fraction of sp³-hybridized carbons (Fsp3) is 0.286. The van der Waals surface area contributed by atoms with Crippen LogP contribution in [0.1, 0.15) is 19.3 Å². The number of carboxylic acids is 1. The lowest BCUT2D eigenvalue weighted by molar-refractivity contribution is -0.142. The summed E-state index contributed by atoms with van der Waals surface area (Å²) in [6, 6.07) is 13.4. The maximum atomic E-state index is 12.7. The van der Waals surface area contributed by atoms with Crippen LogP contribution in [0.3, 0.4) is 0 Å². The van der Waals surface area contributed by atoms with E-state index >= 15 is 0 Å². The minimum atomic E-state index is -1.01. The van der Waals surface area contributed by atoms with Crippen molar-refractivity contribution in [2.24, 2.45) is 5.92 Å². The first-order chi connectivity index (χ1) is 13.0. The van der Waals surface area contributed by atoms with Crippen LogP contribution >= 0.6 is 0 Å². The summed E-state index contributed by atoms with van der Waals surface area (Å²) in [7, 11) is 0. The Bertz CT molecular complexity index is 1040. The number of nitrogens with one attached hydrogen (secondary N) is 1. The largest absolute Gasteiger partial charge is 0.480 e. The lowest BCUT2D eigenvalue weighted by Crippen LogP contribution is -2.42. The molecule has 1 aliphatic carbocycles. The number of carbonyl (C=O) groups excluding carboxylic acids is 1. The minimum absolute atomic E-state index is 0.0459. The second-order valence-electron chi connectivity index (χ2n) is 7.09.